The quantitative estimate of drug-likeness (QED) is 0.859. The maximum absolute atomic E-state index is 12.3. The summed E-state index contributed by atoms with van der Waals surface area (Å²) < 4.78 is 40.3. The van der Waals surface area contributed by atoms with Gasteiger partial charge in [0.2, 0.25) is 6.79 Å². The van der Waals surface area contributed by atoms with Gasteiger partial charge in [0.1, 0.15) is 0 Å². The van der Waals surface area contributed by atoms with Crippen molar-refractivity contribution in [3.8, 4) is 11.5 Å². The van der Waals surface area contributed by atoms with E-state index in [-0.39, 0.29) is 25.1 Å². The number of ether oxygens (including phenoxy) is 3. The van der Waals surface area contributed by atoms with Gasteiger partial charge in [-0.15, -0.1) is 0 Å². The van der Waals surface area contributed by atoms with E-state index in [2.05, 4.69) is 0 Å². The van der Waals surface area contributed by atoms with Crippen LogP contribution in [0.1, 0.15) is 18.4 Å². The number of hydrogen-bond acceptors (Lipinski definition) is 6. The zero-order valence-electron chi connectivity index (χ0n) is 12.0. The molecule has 1 aromatic rings. The summed E-state index contributed by atoms with van der Waals surface area (Å²) in [6, 6.07) is 5.45. The second-order valence-electron chi connectivity index (χ2n) is 5.51. The van der Waals surface area contributed by atoms with Gasteiger partial charge >= 0.3 is 0 Å². The van der Waals surface area contributed by atoms with Crippen molar-refractivity contribution >= 4 is 9.84 Å². The number of nitrogens with two attached hydrogens (primary N) is 1. The summed E-state index contributed by atoms with van der Waals surface area (Å²) in [5, 5.41) is -0.615. The van der Waals surface area contributed by atoms with Crippen molar-refractivity contribution in [2.24, 2.45) is 5.73 Å². The molecule has 0 bridgehead atoms. The van der Waals surface area contributed by atoms with Crippen LogP contribution in [0, 0.1) is 0 Å². The van der Waals surface area contributed by atoms with E-state index in [1.807, 2.05) is 12.1 Å². The van der Waals surface area contributed by atoms with Crippen LogP contribution in [0.4, 0.5) is 0 Å². The van der Waals surface area contributed by atoms with E-state index in [0.717, 1.165) is 5.56 Å². The van der Waals surface area contributed by atoms with Gasteiger partial charge < -0.3 is 19.9 Å². The highest BCUT2D eigenvalue weighted by Crippen LogP contribution is 2.55. The van der Waals surface area contributed by atoms with E-state index in [9.17, 15) is 8.42 Å². The van der Waals surface area contributed by atoms with E-state index in [1.54, 1.807) is 13.0 Å². The molecule has 0 unspecified atom stereocenters. The highest BCUT2D eigenvalue weighted by Gasteiger charge is 2.68. The number of rotatable bonds is 5. The largest absolute Gasteiger partial charge is 0.454 e. The summed E-state index contributed by atoms with van der Waals surface area (Å²) in [5.41, 5.74) is 6.28. The molecule has 1 saturated carbocycles. The van der Waals surface area contributed by atoms with Gasteiger partial charge in [-0.2, -0.15) is 0 Å². The predicted octanol–water partition coefficient (Wildman–Crippen LogP) is 0.660. The molecular weight excluding hydrogens is 294 g/mol. The van der Waals surface area contributed by atoms with Gasteiger partial charge in [0.05, 0.1) is 17.4 Å². The van der Waals surface area contributed by atoms with Crippen molar-refractivity contribution in [2.45, 2.75) is 23.6 Å². The molecule has 2 aliphatic rings. The average molecular weight is 313 g/mol. The second-order valence-corrected chi connectivity index (χ2v) is 7.92. The molecule has 116 valence electrons. The third-order valence-corrected chi connectivity index (χ3v) is 6.53. The Balaban J connectivity index is 1.97. The summed E-state index contributed by atoms with van der Waals surface area (Å²) in [7, 11) is -1.72. The number of sulfone groups is 1. The number of fused-ring (bicyclic) bond motifs is 1. The fraction of sp³-hybridized carbons (Fsp3) is 0.571. The van der Waals surface area contributed by atoms with Gasteiger partial charge in [0, 0.05) is 18.8 Å². The first-order valence-electron chi connectivity index (χ1n) is 6.83. The van der Waals surface area contributed by atoms with Crippen molar-refractivity contribution < 1.29 is 22.6 Å². The summed E-state index contributed by atoms with van der Waals surface area (Å²) in [6.45, 7) is 2.03. The van der Waals surface area contributed by atoms with E-state index in [0.29, 0.717) is 11.5 Å². The van der Waals surface area contributed by atoms with Gasteiger partial charge in [-0.25, -0.2) is 8.42 Å². The van der Waals surface area contributed by atoms with Crippen LogP contribution in [-0.4, -0.2) is 45.5 Å². The first kappa shape index (κ1) is 14.6. The molecular formula is C14H19NO5S. The lowest BCUT2D eigenvalue weighted by Gasteiger charge is -2.10. The molecule has 7 heteroatoms. The number of methoxy groups -OCH3 is 1. The number of hydrogen-bond donors (Lipinski definition) is 1. The summed E-state index contributed by atoms with van der Waals surface area (Å²) in [4.78, 5) is 0. The van der Waals surface area contributed by atoms with Crippen molar-refractivity contribution in [3.63, 3.8) is 0 Å². The molecule has 2 N–H and O–H groups in total. The Labute approximate surface area is 124 Å². The standard InChI is InChI=1S/C14H19NO5S/c1-3-21(16,17)13-12(14(13,15)7-18-2)9-4-5-10-11(6-9)20-8-19-10/h4-6,12-13H,3,7-8,15H2,1-2H3/t12-,13+,14+/m0/s1. The van der Waals surface area contributed by atoms with Crippen LogP contribution in [0.2, 0.25) is 0 Å². The Hall–Kier alpha value is -1.31. The molecule has 3 atom stereocenters. The maximum atomic E-state index is 12.3. The minimum absolute atomic E-state index is 0.0708. The lowest BCUT2D eigenvalue weighted by atomic mass is 10.1. The molecule has 0 saturated heterocycles. The molecule has 1 aliphatic heterocycles. The summed E-state index contributed by atoms with van der Waals surface area (Å²) in [5.74, 6) is 1.09. The highest BCUT2D eigenvalue weighted by molar-refractivity contribution is 7.92. The molecule has 1 fully saturated rings. The fourth-order valence-electron chi connectivity index (χ4n) is 3.16. The fourth-order valence-corrected chi connectivity index (χ4v) is 5.15. The van der Waals surface area contributed by atoms with Crippen LogP contribution in [0.25, 0.3) is 0 Å². The van der Waals surface area contributed by atoms with E-state index < -0.39 is 20.6 Å². The van der Waals surface area contributed by atoms with Crippen molar-refractivity contribution in [1.82, 2.24) is 0 Å². The molecule has 21 heavy (non-hydrogen) atoms. The molecule has 0 radical (unpaired) electrons. The average Bonchev–Trinajstić information content (AvgIpc) is 2.84. The molecule has 0 amide bonds. The highest BCUT2D eigenvalue weighted by atomic mass is 32.2. The van der Waals surface area contributed by atoms with Crippen molar-refractivity contribution in [2.75, 3.05) is 26.3 Å². The zero-order chi connectivity index (χ0) is 15.3. The monoisotopic (exact) mass is 313 g/mol. The number of benzene rings is 1. The van der Waals surface area contributed by atoms with Gasteiger partial charge in [0.15, 0.2) is 21.3 Å². The third kappa shape index (κ3) is 2.20. The predicted molar refractivity (Wildman–Crippen MR) is 77.3 cm³/mol. The van der Waals surface area contributed by atoms with Crippen LogP contribution >= 0.6 is 0 Å². The van der Waals surface area contributed by atoms with Gasteiger partial charge in [-0.3, -0.25) is 0 Å². The Morgan fingerprint density at radius 1 is 1.38 bits per heavy atom. The first-order valence-corrected chi connectivity index (χ1v) is 8.54. The van der Waals surface area contributed by atoms with Gasteiger partial charge in [-0.05, 0) is 17.7 Å². The Morgan fingerprint density at radius 2 is 2.10 bits per heavy atom. The Morgan fingerprint density at radius 3 is 2.76 bits per heavy atom. The molecule has 0 spiro atoms. The van der Waals surface area contributed by atoms with Crippen LogP contribution < -0.4 is 15.2 Å². The van der Waals surface area contributed by atoms with Crippen LogP contribution in [0.3, 0.4) is 0 Å². The minimum atomic E-state index is -3.24. The van der Waals surface area contributed by atoms with Crippen molar-refractivity contribution in [3.05, 3.63) is 23.8 Å². The maximum Gasteiger partial charge on any atom is 0.231 e. The molecule has 1 aliphatic carbocycles. The Kier molecular flexibility index (Phi) is 3.38. The molecule has 1 aromatic carbocycles. The van der Waals surface area contributed by atoms with Crippen LogP contribution in [0.15, 0.2) is 18.2 Å². The second kappa shape index (κ2) is 4.86. The SMILES string of the molecule is CCS(=O)(=O)[C@@H]1[C@H](c2ccc3c(c2)OCO3)[C@]1(N)COC. The first-order chi connectivity index (χ1) is 9.94. The summed E-state index contributed by atoms with van der Waals surface area (Å²) in [6.07, 6.45) is 0. The molecule has 3 rings (SSSR count). The Bertz CT molecular complexity index is 659. The molecule has 1 heterocycles. The normalized spacial score (nSPS) is 30.4. The van der Waals surface area contributed by atoms with E-state index in [4.69, 9.17) is 19.9 Å². The van der Waals surface area contributed by atoms with Crippen LogP contribution in [-0.2, 0) is 14.6 Å². The smallest absolute Gasteiger partial charge is 0.231 e. The topological polar surface area (TPSA) is 87.9 Å². The zero-order valence-corrected chi connectivity index (χ0v) is 12.9. The molecule has 0 aromatic heterocycles. The summed E-state index contributed by atoms with van der Waals surface area (Å²) >= 11 is 0. The van der Waals surface area contributed by atoms with E-state index >= 15 is 0 Å². The van der Waals surface area contributed by atoms with Crippen LogP contribution in [0.5, 0.6) is 11.5 Å². The minimum Gasteiger partial charge on any atom is -0.454 e. The van der Waals surface area contributed by atoms with Gasteiger partial charge in [0.25, 0.3) is 0 Å². The third-order valence-electron chi connectivity index (χ3n) is 4.24. The molecule has 6 nitrogen and oxygen atoms in total. The van der Waals surface area contributed by atoms with Gasteiger partial charge in [-0.1, -0.05) is 13.0 Å². The lowest BCUT2D eigenvalue weighted by molar-refractivity contribution is 0.171. The van der Waals surface area contributed by atoms with E-state index in [1.165, 1.54) is 7.11 Å². The van der Waals surface area contributed by atoms with Crippen molar-refractivity contribution in [1.29, 1.82) is 0 Å². The lowest BCUT2D eigenvalue weighted by Crippen LogP contribution is -2.36.